The second-order valence-corrected chi connectivity index (χ2v) is 6.19. The van der Waals surface area contributed by atoms with Gasteiger partial charge in [0.25, 0.3) is 0 Å². The van der Waals surface area contributed by atoms with E-state index in [0.29, 0.717) is 11.8 Å². The molecule has 0 amide bonds. The van der Waals surface area contributed by atoms with Crippen LogP contribution in [0, 0.1) is 11.8 Å². The van der Waals surface area contributed by atoms with E-state index in [1.807, 2.05) is 0 Å². The van der Waals surface area contributed by atoms with Crippen LogP contribution in [0.4, 0.5) is 0 Å². The van der Waals surface area contributed by atoms with E-state index in [4.69, 9.17) is 14.6 Å². The van der Waals surface area contributed by atoms with Gasteiger partial charge in [-0.1, -0.05) is 38.3 Å². The molecule has 4 nitrogen and oxygen atoms in total. The third kappa shape index (κ3) is 9.21. The Morgan fingerprint density at radius 1 is 1.18 bits per heavy atom. The Bertz CT molecular complexity index is 314. The number of carboxylic acids is 1. The highest BCUT2D eigenvalue weighted by Gasteiger charge is 2.27. The van der Waals surface area contributed by atoms with Crippen molar-refractivity contribution in [2.75, 3.05) is 26.4 Å². The first kappa shape index (κ1) is 19.2. The van der Waals surface area contributed by atoms with Crippen molar-refractivity contribution >= 4 is 5.97 Å². The van der Waals surface area contributed by atoms with Crippen molar-refractivity contribution in [2.24, 2.45) is 11.8 Å². The summed E-state index contributed by atoms with van der Waals surface area (Å²) < 4.78 is 11.4. The summed E-state index contributed by atoms with van der Waals surface area (Å²) in [5.41, 5.74) is 0. The third-order valence-electron chi connectivity index (χ3n) is 4.17. The van der Waals surface area contributed by atoms with Crippen LogP contribution in [-0.4, -0.2) is 37.5 Å². The third-order valence-corrected chi connectivity index (χ3v) is 4.17. The van der Waals surface area contributed by atoms with Crippen LogP contribution in [0.25, 0.3) is 0 Å². The monoisotopic (exact) mass is 312 g/mol. The van der Waals surface area contributed by atoms with Gasteiger partial charge in [-0.3, -0.25) is 4.79 Å². The molecule has 0 spiro atoms. The van der Waals surface area contributed by atoms with E-state index in [2.05, 4.69) is 19.1 Å². The van der Waals surface area contributed by atoms with Gasteiger partial charge in [-0.25, -0.2) is 0 Å². The molecule has 1 rings (SSSR count). The fourth-order valence-corrected chi connectivity index (χ4v) is 2.71. The number of ether oxygens (including phenoxy) is 2. The van der Waals surface area contributed by atoms with Crippen LogP contribution < -0.4 is 0 Å². The first-order chi connectivity index (χ1) is 10.7. The lowest BCUT2D eigenvalue weighted by molar-refractivity contribution is -0.137. The molecule has 1 fully saturated rings. The van der Waals surface area contributed by atoms with Crippen LogP contribution in [0.3, 0.4) is 0 Å². The van der Waals surface area contributed by atoms with E-state index in [1.165, 1.54) is 19.3 Å². The van der Waals surface area contributed by atoms with Crippen molar-refractivity contribution in [3.8, 4) is 0 Å². The molecular weight excluding hydrogens is 280 g/mol. The molecular formula is C18H32O4. The van der Waals surface area contributed by atoms with Crippen molar-refractivity contribution < 1.29 is 19.4 Å². The fraction of sp³-hybridized carbons (Fsp3) is 0.833. The topological polar surface area (TPSA) is 55.8 Å². The zero-order valence-corrected chi connectivity index (χ0v) is 14.0. The lowest BCUT2D eigenvalue weighted by Crippen LogP contribution is -2.18. The lowest BCUT2D eigenvalue weighted by atomic mass is 9.93. The van der Waals surface area contributed by atoms with Crippen LogP contribution in [-0.2, 0) is 14.3 Å². The maximum Gasteiger partial charge on any atom is 0.303 e. The first-order valence-corrected chi connectivity index (χ1v) is 8.76. The van der Waals surface area contributed by atoms with Gasteiger partial charge < -0.3 is 14.6 Å². The summed E-state index contributed by atoms with van der Waals surface area (Å²) in [5.74, 6) is 0.343. The molecule has 1 N–H and O–H groups in total. The molecule has 0 radical (unpaired) electrons. The van der Waals surface area contributed by atoms with Gasteiger partial charge in [0.2, 0.25) is 0 Å². The summed E-state index contributed by atoms with van der Waals surface area (Å²) in [6.45, 7) is 5.53. The van der Waals surface area contributed by atoms with Gasteiger partial charge in [-0.15, -0.1) is 0 Å². The maximum atomic E-state index is 10.4. The molecule has 1 heterocycles. The van der Waals surface area contributed by atoms with E-state index < -0.39 is 5.97 Å². The van der Waals surface area contributed by atoms with Crippen molar-refractivity contribution in [2.45, 2.75) is 58.3 Å². The first-order valence-electron chi connectivity index (χ1n) is 8.76. The summed E-state index contributed by atoms with van der Waals surface area (Å²) in [6, 6.07) is 0. The number of carbonyl (C=O) groups is 1. The highest BCUT2D eigenvalue weighted by Crippen LogP contribution is 2.25. The molecule has 1 saturated heterocycles. The number of carboxylic acid groups (broad SMARTS) is 1. The highest BCUT2D eigenvalue weighted by molar-refractivity contribution is 5.66. The van der Waals surface area contributed by atoms with Gasteiger partial charge in [-0.2, -0.15) is 0 Å². The normalized spacial score (nSPS) is 21.7. The molecule has 2 atom stereocenters. The number of unbranched alkanes of at least 4 members (excludes halogenated alkanes) is 4. The van der Waals surface area contributed by atoms with Crippen LogP contribution >= 0.6 is 0 Å². The van der Waals surface area contributed by atoms with E-state index in [0.717, 1.165) is 52.1 Å². The number of aliphatic carboxylic acids is 1. The van der Waals surface area contributed by atoms with E-state index in [-0.39, 0.29) is 6.42 Å². The van der Waals surface area contributed by atoms with E-state index in [9.17, 15) is 4.79 Å². The SMILES string of the molecule is CCCCCCOC[C@@H]1COC[C@@H]1C/C=C\CCCC(=O)O. The van der Waals surface area contributed by atoms with Gasteiger partial charge in [0, 0.05) is 18.9 Å². The summed E-state index contributed by atoms with van der Waals surface area (Å²) in [7, 11) is 0. The molecule has 0 aromatic heterocycles. The second kappa shape index (κ2) is 12.7. The Hall–Kier alpha value is -0.870. The minimum atomic E-state index is -0.714. The van der Waals surface area contributed by atoms with Gasteiger partial charge in [0.15, 0.2) is 0 Å². The average molecular weight is 312 g/mol. The van der Waals surface area contributed by atoms with E-state index >= 15 is 0 Å². The standard InChI is InChI=1S/C18H32O4/c1-2-3-4-9-12-21-14-17-15-22-13-16(17)10-7-5-6-8-11-18(19)20/h5,7,16-17H,2-4,6,8-15H2,1H3,(H,19,20)/b7-5-/t16-,17+/m0/s1. The molecule has 128 valence electrons. The predicted octanol–water partition coefficient (Wildman–Crippen LogP) is 4.05. The van der Waals surface area contributed by atoms with Crippen molar-refractivity contribution in [3.05, 3.63) is 12.2 Å². The van der Waals surface area contributed by atoms with Crippen LogP contribution in [0.1, 0.15) is 58.3 Å². The second-order valence-electron chi connectivity index (χ2n) is 6.19. The molecule has 0 saturated carbocycles. The molecule has 4 heteroatoms. The molecule has 0 aromatic carbocycles. The summed E-state index contributed by atoms with van der Waals surface area (Å²) in [5, 5.41) is 8.57. The Balaban J connectivity index is 2.07. The maximum absolute atomic E-state index is 10.4. The predicted molar refractivity (Wildman–Crippen MR) is 88.0 cm³/mol. The Kier molecular flexibility index (Phi) is 11.0. The molecule has 0 unspecified atom stereocenters. The van der Waals surface area contributed by atoms with Crippen LogP contribution in [0.2, 0.25) is 0 Å². The zero-order chi connectivity index (χ0) is 16.0. The smallest absolute Gasteiger partial charge is 0.303 e. The largest absolute Gasteiger partial charge is 0.481 e. The number of hydrogen-bond acceptors (Lipinski definition) is 3. The average Bonchev–Trinajstić information content (AvgIpc) is 2.93. The molecule has 0 aliphatic carbocycles. The summed E-state index contributed by atoms with van der Waals surface area (Å²) in [4.78, 5) is 10.4. The number of hydrogen-bond donors (Lipinski definition) is 1. The van der Waals surface area contributed by atoms with Gasteiger partial charge in [0.1, 0.15) is 0 Å². The zero-order valence-electron chi connectivity index (χ0n) is 14.0. The molecule has 0 bridgehead atoms. The van der Waals surface area contributed by atoms with Gasteiger partial charge in [0.05, 0.1) is 19.8 Å². The van der Waals surface area contributed by atoms with Crippen molar-refractivity contribution in [3.63, 3.8) is 0 Å². The van der Waals surface area contributed by atoms with Gasteiger partial charge in [-0.05, 0) is 31.6 Å². The Morgan fingerprint density at radius 3 is 2.77 bits per heavy atom. The number of rotatable bonds is 13. The highest BCUT2D eigenvalue weighted by atomic mass is 16.5. The minimum absolute atomic E-state index is 0.255. The molecule has 1 aliphatic heterocycles. The fourth-order valence-electron chi connectivity index (χ4n) is 2.71. The minimum Gasteiger partial charge on any atom is -0.481 e. The van der Waals surface area contributed by atoms with E-state index in [1.54, 1.807) is 0 Å². The van der Waals surface area contributed by atoms with Crippen LogP contribution in [0.5, 0.6) is 0 Å². The quantitative estimate of drug-likeness (QED) is 0.412. The van der Waals surface area contributed by atoms with Crippen molar-refractivity contribution in [1.29, 1.82) is 0 Å². The van der Waals surface area contributed by atoms with Gasteiger partial charge >= 0.3 is 5.97 Å². The summed E-state index contributed by atoms with van der Waals surface area (Å²) >= 11 is 0. The Morgan fingerprint density at radius 2 is 2.00 bits per heavy atom. The molecule has 1 aliphatic rings. The number of allylic oxidation sites excluding steroid dienone is 2. The summed E-state index contributed by atoms with van der Waals surface area (Å²) in [6.07, 6.45) is 12.1. The lowest BCUT2D eigenvalue weighted by Gasteiger charge is -2.16. The molecule has 0 aromatic rings. The van der Waals surface area contributed by atoms with Crippen LogP contribution in [0.15, 0.2) is 12.2 Å². The van der Waals surface area contributed by atoms with Crippen molar-refractivity contribution in [1.82, 2.24) is 0 Å². The Labute approximate surface area is 134 Å². The molecule has 22 heavy (non-hydrogen) atoms.